The number of unbranched alkanes of at least 4 members (excludes halogenated alkanes) is 38. The van der Waals surface area contributed by atoms with Gasteiger partial charge in [-0.1, -0.05) is 129 Å². The summed E-state index contributed by atoms with van der Waals surface area (Å²) in [7, 11) is 0. The van der Waals surface area contributed by atoms with Gasteiger partial charge in [0.1, 0.15) is 0 Å². The van der Waals surface area contributed by atoms with E-state index < -0.39 is 0 Å². The Labute approximate surface area is 295 Å². The average Bonchev–Trinajstić information content (AvgIpc) is 3.05. The molecule has 0 N–H and O–H groups in total. The molecule has 0 unspecified atom stereocenters. The minimum absolute atomic E-state index is 0.947. The molecule has 0 aromatic heterocycles. The van der Waals surface area contributed by atoms with E-state index in [1.54, 1.807) is 10.6 Å². The third kappa shape index (κ3) is 44.5. The van der Waals surface area contributed by atoms with Crippen LogP contribution in [0.1, 0.15) is 271 Å². The van der Waals surface area contributed by atoms with Gasteiger partial charge in [0, 0.05) is 0 Å². The van der Waals surface area contributed by atoms with Crippen LogP contribution in [0.2, 0.25) is 10.6 Å². The number of hydrogen-bond donors (Lipinski definition) is 0. The summed E-state index contributed by atoms with van der Waals surface area (Å²) in [5.74, 6) is 0. The van der Waals surface area contributed by atoms with Gasteiger partial charge in [0.15, 0.2) is 0 Å². The van der Waals surface area contributed by atoms with Gasteiger partial charge in [-0.05, 0) is 0 Å². The Morgan fingerprint density at radius 3 is 0.467 bits per heavy atom. The zero-order valence-corrected chi connectivity index (χ0v) is 33.8. The maximum atomic E-state index is 2.31. The molecule has 0 radical (unpaired) electrons. The van der Waals surface area contributed by atoms with Gasteiger partial charge in [0.2, 0.25) is 0 Å². The average molecular weight is 698 g/mol. The summed E-state index contributed by atoms with van der Waals surface area (Å²) in [5.41, 5.74) is 0. The van der Waals surface area contributed by atoms with Crippen LogP contribution >= 0.6 is 0 Å². The fourth-order valence-electron chi connectivity index (χ4n) is 7.02. The number of hydrogen-bond acceptors (Lipinski definition) is 0. The van der Waals surface area contributed by atoms with E-state index in [9.17, 15) is 0 Å². The predicted octanol–water partition coefficient (Wildman–Crippen LogP) is 17.2. The van der Waals surface area contributed by atoms with E-state index in [-0.39, 0.29) is 0 Å². The number of rotatable bonds is 42. The Bertz CT molecular complexity index is 432. The normalized spacial score (nSPS) is 11.6. The molecule has 0 nitrogen and oxygen atoms in total. The van der Waals surface area contributed by atoms with Gasteiger partial charge < -0.3 is 0 Å². The van der Waals surface area contributed by atoms with Crippen molar-refractivity contribution in [3.05, 3.63) is 0 Å². The fraction of sp³-hybridized carbons (Fsp3) is 1.00. The third-order valence-electron chi connectivity index (χ3n) is 10.3. The molecule has 1 heteroatoms. The van der Waals surface area contributed by atoms with Crippen LogP contribution in [0.25, 0.3) is 0 Å². The molecule has 0 aliphatic rings. The Morgan fingerprint density at radius 2 is 0.311 bits per heavy atom. The van der Waals surface area contributed by atoms with Gasteiger partial charge in [-0.2, -0.15) is 0 Å². The first-order valence-corrected chi connectivity index (χ1v) is 24.4. The van der Waals surface area contributed by atoms with Crippen LogP contribution in [-0.4, -0.2) is 15.0 Å². The Hall–Kier alpha value is 0.519. The van der Waals surface area contributed by atoms with E-state index in [1.807, 2.05) is 0 Å². The van der Waals surface area contributed by atoms with Crippen molar-refractivity contribution in [3.63, 3.8) is 0 Å². The quantitative estimate of drug-likeness (QED) is 0.0440. The van der Waals surface area contributed by atoms with Crippen molar-refractivity contribution in [1.29, 1.82) is 0 Å². The van der Waals surface area contributed by atoms with Gasteiger partial charge in [-0.3, -0.25) is 0 Å². The van der Waals surface area contributed by atoms with Crippen LogP contribution in [0.4, 0.5) is 0 Å². The van der Waals surface area contributed by atoms with E-state index in [0.29, 0.717) is 0 Å². The van der Waals surface area contributed by atoms with Gasteiger partial charge in [-0.15, -0.1) is 0 Å². The van der Waals surface area contributed by atoms with Crippen LogP contribution in [0.3, 0.4) is 0 Å². The molecular weight excluding hydrogens is 607 g/mol. The molecule has 0 aliphatic heterocycles. The monoisotopic (exact) mass is 699 g/mol. The molecule has 0 fully saturated rings. The molecule has 0 atom stereocenters. The first-order chi connectivity index (χ1) is 22.4. The molecule has 0 saturated heterocycles. The summed E-state index contributed by atoms with van der Waals surface area (Å²) >= 11 is 0.947. The molecule has 0 bridgehead atoms. The summed E-state index contributed by atoms with van der Waals surface area (Å²) in [6.45, 7) is 4.62. The molecule has 0 spiro atoms. The fourth-order valence-corrected chi connectivity index (χ4v) is 9.16. The van der Waals surface area contributed by atoms with Crippen LogP contribution in [0.15, 0.2) is 0 Å². The van der Waals surface area contributed by atoms with Crippen LogP contribution < -0.4 is 0 Å². The molecule has 0 rings (SSSR count). The van der Waals surface area contributed by atoms with E-state index in [1.165, 1.54) is 257 Å². The molecule has 45 heavy (non-hydrogen) atoms. The molecule has 0 aromatic carbocycles. The molecular formula is C44H90Se. The van der Waals surface area contributed by atoms with Gasteiger partial charge >= 0.3 is 167 Å². The van der Waals surface area contributed by atoms with Gasteiger partial charge in [-0.25, -0.2) is 0 Å². The summed E-state index contributed by atoms with van der Waals surface area (Å²) < 4.78 is 0. The minimum Gasteiger partial charge on any atom is -0.0654 e. The summed E-state index contributed by atoms with van der Waals surface area (Å²) in [6.07, 6.45) is 59.6. The van der Waals surface area contributed by atoms with Crippen molar-refractivity contribution >= 4 is 15.0 Å². The van der Waals surface area contributed by atoms with Crippen molar-refractivity contribution in [2.45, 2.75) is 281 Å². The Kier molecular flexibility index (Phi) is 45.0. The molecule has 0 amide bonds. The SMILES string of the molecule is CCCCCCCCCCCCCCCCCCCCCC[Se]CCCCCCCCCCCCCCCCCCCCCC. The van der Waals surface area contributed by atoms with E-state index in [0.717, 1.165) is 15.0 Å². The molecule has 0 saturated carbocycles. The van der Waals surface area contributed by atoms with E-state index in [4.69, 9.17) is 0 Å². The first kappa shape index (κ1) is 45.5. The van der Waals surface area contributed by atoms with Gasteiger partial charge in [0.25, 0.3) is 0 Å². The minimum atomic E-state index is 0.947. The summed E-state index contributed by atoms with van der Waals surface area (Å²) in [4.78, 5) is 0. The zero-order valence-electron chi connectivity index (χ0n) is 32.1. The second kappa shape index (κ2) is 44.5. The Balaban J connectivity index is 3.03. The van der Waals surface area contributed by atoms with Crippen LogP contribution in [0.5, 0.6) is 0 Å². The molecule has 0 heterocycles. The zero-order chi connectivity index (χ0) is 32.4. The second-order valence-electron chi connectivity index (χ2n) is 15.0. The first-order valence-electron chi connectivity index (χ1n) is 22.0. The summed E-state index contributed by atoms with van der Waals surface area (Å²) in [6, 6.07) is 0. The third-order valence-corrected chi connectivity index (χ3v) is 12.7. The van der Waals surface area contributed by atoms with Crippen LogP contribution in [-0.2, 0) is 0 Å². The Morgan fingerprint density at radius 1 is 0.178 bits per heavy atom. The molecule has 0 aromatic rings. The van der Waals surface area contributed by atoms with Gasteiger partial charge in [0.05, 0.1) is 0 Å². The van der Waals surface area contributed by atoms with Crippen molar-refractivity contribution in [2.75, 3.05) is 0 Å². The van der Waals surface area contributed by atoms with Crippen molar-refractivity contribution in [2.24, 2.45) is 0 Å². The van der Waals surface area contributed by atoms with Crippen LogP contribution in [0, 0.1) is 0 Å². The molecule has 0 aliphatic carbocycles. The van der Waals surface area contributed by atoms with Crippen molar-refractivity contribution in [3.8, 4) is 0 Å². The van der Waals surface area contributed by atoms with Crippen molar-refractivity contribution in [1.82, 2.24) is 0 Å². The molecule has 272 valence electrons. The smallest absolute Gasteiger partial charge is 0.0654 e. The summed E-state index contributed by atoms with van der Waals surface area (Å²) in [5, 5.41) is 3.12. The topological polar surface area (TPSA) is 0 Å². The second-order valence-corrected chi connectivity index (χ2v) is 17.6. The predicted molar refractivity (Wildman–Crippen MR) is 211 cm³/mol. The van der Waals surface area contributed by atoms with E-state index >= 15 is 0 Å². The maximum absolute atomic E-state index is 2.31. The van der Waals surface area contributed by atoms with E-state index in [2.05, 4.69) is 13.8 Å². The standard InChI is InChI=1S/C44H90Se/c1-3-5-7-9-11-13-15-17-19-21-23-25-27-29-31-33-35-37-39-41-43-45-44-42-40-38-36-34-32-30-28-26-24-22-20-18-16-14-12-10-8-6-4-2/h3-44H2,1-2H3. The van der Waals surface area contributed by atoms with Crippen molar-refractivity contribution < 1.29 is 0 Å².